The molecule has 1 aliphatic rings. The number of fused-ring (bicyclic) bond motifs is 5. The molecule has 0 unspecified atom stereocenters. The third-order valence-corrected chi connectivity index (χ3v) is 16.7. The molecule has 0 atom stereocenters. The van der Waals surface area contributed by atoms with Crippen LogP contribution in [0.15, 0.2) is 200 Å². The van der Waals surface area contributed by atoms with E-state index in [9.17, 15) is 25.2 Å². The molecule has 0 amide bonds. The summed E-state index contributed by atoms with van der Waals surface area (Å²) in [5.41, 5.74) is 5.42. The van der Waals surface area contributed by atoms with Gasteiger partial charge >= 0.3 is 50.1 Å². The molecule has 0 N–H and O–H groups in total. The second-order valence-electron chi connectivity index (χ2n) is 16.1. The summed E-state index contributed by atoms with van der Waals surface area (Å²) >= 11 is 0. The molecule has 2 aromatic heterocycles. The Morgan fingerprint density at radius 2 is 0.848 bits per heavy atom. The van der Waals surface area contributed by atoms with Crippen LogP contribution in [0.2, 0.25) is 0 Å². The van der Waals surface area contributed by atoms with Crippen LogP contribution in [-0.2, 0) is 28.9 Å². The maximum Gasteiger partial charge on any atom is 1.00 e. The monoisotopic (exact) mass is 996 g/mol. The van der Waals surface area contributed by atoms with Crippen molar-refractivity contribution in [2.75, 3.05) is 0 Å². The summed E-state index contributed by atoms with van der Waals surface area (Å²) in [6, 6.07) is 69.9. The predicted molar refractivity (Wildman–Crippen MR) is 265 cm³/mol. The number of hydrogen-bond donors (Lipinski definition) is 0. The van der Waals surface area contributed by atoms with Gasteiger partial charge in [-0.1, -0.05) is 142 Å². The van der Waals surface area contributed by atoms with E-state index >= 15 is 0 Å². The van der Waals surface area contributed by atoms with E-state index in [0.29, 0.717) is 0 Å². The molecule has 0 saturated carbocycles. The molecule has 66 heavy (non-hydrogen) atoms. The fraction of sp³-hybridized carbons (Fsp3) is 0.0943. The van der Waals surface area contributed by atoms with Gasteiger partial charge in [-0.3, -0.25) is 9.97 Å². The van der Waals surface area contributed by atoms with Crippen LogP contribution in [0.1, 0.15) is 37.6 Å². The van der Waals surface area contributed by atoms with Gasteiger partial charge in [-0.25, -0.2) is 0 Å². The molecule has 1 aliphatic heterocycles. The first-order valence-corrected chi connectivity index (χ1v) is 26.1. The molecule has 0 saturated heterocycles. The first-order valence-electron chi connectivity index (χ1n) is 21.1. The quantitative estimate of drug-likeness (QED) is 0.0691. The van der Waals surface area contributed by atoms with Gasteiger partial charge in [-0.15, -0.1) is 0 Å². The molecular weight excluding hydrogens is 951 g/mol. The standard InChI is InChI=1S/C39H32OP2.C14H12N2.Cu.F6P/c1-39(2)33-25-15-27-35(41(29-17-7-3-8-18-29)30-19-9-4-10-20-30)37(33)40-38-34(39)26-16-28-36(38)42(31-21-11-5-12-22-31)32-23-13-6-14-24-32;1-2-12-8-7-11-6-5-10-4-3-9-15-13(10)14(11)16-12;;1-7(2,3,4,5)6/h3-28H,1-2H3;3-9H,2H2,1H3;;/q;;+1;-1/p+2. The predicted octanol–water partition coefficient (Wildman–Crippen LogP) is 13.8. The summed E-state index contributed by atoms with van der Waals surface area (Å²) in [5, 5.41) is 10.4. The van der Waals surface area contributed by atoms with Crippen molar-refractivity contribution in [3.63, 3.8) is 0 Å². The number of aromatic nitrogens is 2. The molecule has 0 spiro atoms. The molecule has 0 aliphatic carbocycles. The van der Waals surface area contributed by atoms with Crippen LogP contribution >= 0.6 is 23.7 Å². The van der Waals surface area contributed by atoms with Crippen LogP contribution in [0.5, 0.6) is 11.5 Å². The fourth-order valence-corrected chi connectivity index (χ4v) is 13.6. The topological polar surface area (TPSA) is 35.0 Å². The van der Waals surface area contributed by atoms with Gasteiger partial charge in [0, 0.05) is 39.2 Å². The molecule has 0 fully saturated rings. The third-order valence-electron chi connectivity index (χ3n) is 11.2. The van der Waals surface area contributed by atoms with Crippen LogP contribution in [0.25, 0.3) is 21.8 Å². The number of benzene rings is 7. The van der Waals surface area contributed by atoms with Crippen LogP contribution < -0.4 is 36.6 Å². The minimum absolute atomic E-state index is 0. The molecule has 9 aromatic rings. The Morgan fingerprint density at radius 1 is 0.470 bits per heavy atom. The fourth-order valence-electron chi connectivity index (χ4n) is 8.25. The Balaban J connectivity index is 0.000000222. The Labute approximate surface area is 393 Å². The van der Waals surface area contributed by atoms with Crippen molar-refractivity contribution >= 4 is 77.3 Å². The van der Waals surface area contributed by atoms with Gasteiger partial charge in [-0.2, -0.15) is 0 Å². The van der Waals surface area contributed by atoms with Gasteiger partial charge in [0.2, 0.25) is 0 Å². The summed E-state index contributed by atoms with van der Waals surface area (Å²) in [6.07, 6.45) is 2.78. The molecule has 13 heteroatoms. The van der Waals surface area contributed by atoms with E-state index in [1.807, 2.05) is 12.3 Å². The number of rotatable bonds is 7. The van der Waals surface area contributed by atoms with Crippen LogP contribution in [0.4, 0.5) is 25.2 Å². The number of ether oxygens (including phenoxy) is 1. The summed E-state index contributed by atoms with van der Waals surface area (Å²) in [5.74, 6) is 2.07. The van der Waals surface area contributed by atoms with Crippen molar-refractivity contribution in [1.29, 1.82) is 0 Å². The van der Waals surface area contributed by atoms with Crippen LogP contribution in [0.3, 0.4) is 0 Å². The molecule has 340 valence electrons. The largest absolute Gasteiger partial charge is 1.00 e. The van der Waals surface area contributed by atoms with Gasteiger partial charge in [-0.05, 0) is 79.2 Å². The van der Waals surface area contributed by atoms with Crippen LogP contribution in [-0.4, -0.2) is 9.97 Å². The number of halogens is 6. The van der Waals surface area contributed by atoms with E-state index < -0.39 is 23.7 Å². The molecule has 0 radical (unpaired) electrons. The zero-order valence-corrected chi connectivity index (χ0v) is 39.9. The second-order valence-corrected chi connectivity index (χ2v) is 22.9. The average molecular weight is 997 g/mol. The van der Waals surface area contributed by atoms with Crippen molar-refractivity contribution in [1.82, 2.24) is 9.97 Å². The third kappa shape index (κ3) is 11.6. The summed E-state index contributed by atoms with van der Waals surface area (Å²) in [4.78, 5) is 9.08. The van der Waals surface area contributed by atoms with E-state index in [1.54, 1.807) is 0 Å². The molecule has 0 bridgehead atoms. The maximum absolute atomic E-state index is 10.7. The Bertz CT molecular complexity index is 2870. The van der Waals surface area contributed by atoms with Gasteiger partial charge in [0.15, 0.2) is 11.5 Å². The SMILES string of the molecule is CC1(C)c2cccc([PH+](c3ccccc3)c3ccccc3)c2Oc2c([PH+](c3ccccc3)c3ccccc3)cccc21.CCc1ccc2ccc3cccnc3c2n1.F[P-](F)(F)(F)(F)F.[Cu+]. The first kappa shape index (κ1) is 48.5. The van der Waals surface area contributed by atoms with Gasteiger partial charge in [0.1, 0.15) is 47.7 Å². The maximum atomic E-state index is 9.87. The van der Waals surface area contributed by atoms with Gasteiger partial charge in [0.25, 0.3) is 0 Å². The van der Waals surface area contributed by atoms with E-state index in [1.165, 1.54) is 43.0 Å². The summed E-state index contributed by atoms with van der Waals surface area (Å²) < 4.78 is 66.5. The average Bonchev–Trinajstić information content (AvgIpc) is 3.30. The number of para-hydroxylation sites is 2. The molecule has 3 nitrogen and oxygen atoms in total. The molecular formula is C53H46CuF6N2OP3+2. The zero-order chi connectivity index (χ0) is 45.9. The minimum atomic E-state index is -10.7. The van der Waals surface area contributed by atoms with Crippen molar-refractivity contribution in [2.24, 2.45) is 0 Å². The van der Waals surface area contributed by atoms with E-state index in [-0.39, 0.29) is 22.5 Å². The number of nitrogens with zero attached hydrogens (tertiary/aromatic N) is 2. The number of pyridine rings is 2. The Morgan fingerprint density at radius 3 is 1.24 bits per heavy atom. The number of aryl methyl sites for hydroxylation is 1. The van der Waals surface area contributed by atoms with Gasteiger partial charge in [0.05, 0.1) is 11.0 Å². The van der Waals surface area contributed by atoms with Crippen molar-refractivity contribution in [3.05, 3.63) is 217 Å². The smallest absolute Gasteiger partial charge is 1.00 e. The molecule has 3 heterocycles. The number of hydrogen-bond acceptors (Lipinski definition) is 3. The summed E-state index contributed by atoms with van der Waals surface area (Å²) in [7, 11) is -13.3. The van der Waals surface area contributed by atoms with Crippen molar-refractivity contribution in [2.45, 2.75) is 32.6 Å². The molecule has 10 rings (SSSR count). The van der Waals surface area contributed by atoms with Crippen LogP contribution in [0, 0.1) is 0 Å². The Hall–Kier alpha value is -5.45. The minimum Gasteiger partial charge on any atom is 1.00 e. The summed E-state index contributed by atoms with van der Waals surface area (Å²) in [6.45, 7) is 6.83. The van der Waals surface area contributed by atoms with Gasteiger partial charge < -0.3 is 4.74 Å². The Kier molecular flexibility index (Phi) is 14.0. The van der Waals surface area contributed by atoms with E-state index in [0.717, 1.165) is 45.4 Å². The van der Waals surface area contributed by atoms with Crippen molar-refractivity contribution < 1.29 is 47.0 Å². The first-order chi connectivity index (χ1) is 31.0. The normalized spacial score (nSPS) is 13.6. The molecule has 7 aromatic carbocycles. The van der Waals surface area contributed by atoms with Crippen molar-refractivity contribution in [3.8, 4) is 11.5 Å². The van der Waals surface area contributed by atoms with E-state index in [2.05, 4.69) is 219 Å². The second kappa shape index (κ2) is 19.0. The zero-order valence-electron chi connectivity index (χ0n) is 36.1. The van der Waals surface area contributed by atoms with E-state index in [4.69, 9.17) is 4.74 Å².